The molecule has 3 aliphatic heterocycles. The molecule has 5 rings (SSSR count). The molecule has 1 unspecified atom stereocenters. The molecule has 2 aromatic carbocycles. The van der Waals surface area contributed by atoms with Crippen molar-refractivity contribution in [2.45, 2.75) is 62.2 Å². The molecule has 2 saturated heterocycles. The molecule has 13 nitrogen and oxygen atoms in total. The molecule has 3 N–H and O–H groups in total. The topological polar surface area (TPSA) is 157 Å². The van der Waals surface area contributed by atoms with Gasteiger partial charge in [-0.15, -0.1) is 0 Å². The number of hydrogen-bond donors (Lipinski definition) is 3. The molecule has 0 bridgehead atoms. The van der Waals surface area contributed by atoms with Crippen LogP contribution in [0.1, 0.15) is 25.0 Å². The number of rotatable bonds is 14. The smallest absolute Gasteiger partial charge is 0.407 e. The summed E-state index contributed by atoms with van der Waals surface area (Å²) in [5.74, 6) is 0.394. The number of carbonyl (C=O) groups excluding carboxylic acids is 1. The van der Waals surface area contributed by atoms with Crippen molar-refractivity contribution in [3.63, 3.8) is 0 Å². The fourth-order valence-corrected chi connectivity index (χ4v) is 7.71. The predicted molar refractivity (Wildman–Crippen MR) is 170 cm³/mol. The number of aliphatic imine (C=N–C) groups is 1. The van der Waals surface area contributed by atoms with Crippen molar-refractivity contribution >= 4 is 27.6 Å². The number of fused-ring (bicyclic) bond motifs is 2. The number of anilines is 1. The summed E-state index contributed by atoms with van der Waals surface area (Å²) >= 11 is 0. The predicted octanol–water partition coefficient (Wildman–Crippen LogP) is 2.39. The second-order valence-electron chi connectivity index (χ2n) is 12.2. The number of benzene rings is 2. The highest BCUT2D eigenvalue weighted by atomic mass is 32.2. The highest BCUT2D eigenvalue weighted by Crippen LogP contribution is 2.35. The normalized spacial score (nSPS) is 24.5. The van der Waals surface area contributed by atoms with Crippen LogP contribution in [0, 0.1) is 11.8 Å². The van der Waals surface area contributed by atoms with Gasteiger partial charge in [0, 0.05) is 39.4 Å². The van der Waals surface area contributed by atoms with Crippen molar-refractivity contribution in [2.24, 2.45) is 16.8 Å². The first-order valence-corrected chi connectivity index (χ1v) is 16.9. The van der Waals surface area contributed by atoms with Crippen LogP contribution in [-0.4, -0.2) is 108 Å². The average molecular weight is 661 g/mol. The van der Waals surface area contributed by atoms with Crippen LogP contribution in [0.15, 0.2) is 58.4 Å². The van der Waals surface area contributed by atoms with Crippen LogP contribution in [0.4, 0.5) is 10.5 Å². The lowest BCUT2D eigenvalue weighted by atomic mass is 10.00. The van der Waals surface area contributed by atoms with Gasteiger partial charge < -0.3 is 39.4 Å². The molecule has 2 aromatic rings. The van der Waals surface area contributed by atoms with E-state index in [0.717, 1.165) is 22.6 Å². The van der Waals surface area contributed by atoms with Crippen LogP contribution in [0.25, 0.3) is 0 Å². The summed E-state index contributed by atoms with van der Waals surface area (Å²) in [6.07, 6.45) is -2.86. The van der Waals surface area contributed by atoms with Gasteiger partial charge in [0.05, 0.1) is 42.3 Å². The van der Waals surface area contributed by atoms with Crippen LogP contribution in [0.5, 0.6) is 0 Å². The van der Waals surface area contributed by atoms with Crippen molar-refractivity contribution in [2.75, 3.05) is 52.6 Å². The van der Waals surface area contributed by atoms with Gasteiger partial charge in [-0.1, -0.05) is 44.2 Å². The van der Waals surface area contributed by atoms with Crippen LogP contribution in [-0.2, 0) is 46.5 Å². The molecule has 14 heteroatoms. The van der Waals surface area contributed by atoms with Crippen molar-refractivity contribution in [1.82, 2.24) is 9.62 Å². The van der Waals surface area contributed by atoms with E-state index < -0.39 is 40.7 Å². The number of nitrogens with one attached hydrogen (secondary N) is 2. The molecule has 3 heterocycles. The molecule has 2 fully saturated rings. The van der Waals surface area contributed by atoms with Crippen LogP contribution >= 0.6 is 0 Å². The number of ether oxygens (including phenoxy) is 5. The van der Waals surface area contributed by atoms with E-state index in [2.05, 4.69) is 15.6 Å². The second-order valence-corrected chi connectivity index (χ2v) is 14.1. The highest BCUT2D eigenvalue weighted by Gasteiger charge is 2.51. The van der Waals surface area contributed by atoms with E-state index in [1.807, 2.05) is 44.2 Å². The third-order valence-electron chi connectivity index (χ3n) is 8.33. The minimum absolute atomic E-state index is 0.0281. The lowest BCUT2D eigenvalue weighted by molar-refractivity contribution is -0.0999. The van der Waals surface area contributed by atoms with E-state index in [0.29, 0.717) is 6.42 Å². The first kappa shape index (κ1) is 34.2. The van der Waals surface area contributed by atoms with E-state index >= 15 is 0 Å². The van der Waals surface area contributed by atoms with Crippen molar-refractivity contribution in [3.05, 3.63) is 59.7 Å². The van der Waals surface area contributed by atoms with E-state index in [4.69, 9.17) is 23.7 Å². The third-order valence-corrected chi connectivity index (χ3v) is 10.2. The van der Waals surface area contributed by atoms with Crippen LogP contribution in [0.2, 0.25) is 0 Å². The first-order valence-electron chi connectivity index (χ1n) is 15.5. The Balaban J connectivity index is 1.32. The van der Waals surface area contributed by atoms with Gasteiger partial charge in [0.2, 0.25) is 10.0 Å². The molecule has 3 aliphatic rings. The van der Waals surface area contributed by atoms with Gasteiger partial charge in [-0.05, 0) is 41.7 Å². The second kappa shape index (κ2) is 15.2. The number of sulfonamides is 1. The van der Waals surface area contributed by atoms with E-state index in [1.165, 1.54) is 11.4 Å². The fourth-order valence-electron chi connectivity index (χ4n) is 6.04. The quantitative estimate of drug-likeness (QED) is 0.257. The number of amidine groups is 1. The molecule has 0 aromatic heterocycles. The summed E-state index contributed by atoms with van der Waals surface area (Å²) in [5.41, 5.74) is 2.50. The van der Waals surface area contributed by atoms with E-state index in [9.17, 15) is 18.3 Å². The van der Waals surface area contributed by atoms with Crippen molar-refractivity contribution < 1.29 is 42.0 Å². The summed E-state index contributed by atoms with van der Waals surface area (Å²) in [6.45, 7) is 4.23. The van der Waals surface area contributed by atoms with E-state index in [-0.39, 0.29) is 62.4 Å². The molecule has 0 radical (unpaired) electrons. The highest BCUT2D eigenvalue weighted by molar-refractivity contribution is 7.89. The molecule has 252 valence electrons. The molecular weight excluding hydrogens is 616 g/mol. The lowest BCUT2D eigenvalue weighted by Crippen LogP contribution is -2.52. The van der Waals surface area contributed by atoms with Gasteiger partial charge in [-0.3, -0.25) is 4.99 Å². The molecule has 0 spiro atoms. The average Bonchev–Trinajstić information content (AvgIpc) is 3.75. The molecule has 1 amide bonds. The Labute approximate surface area is 270 Å². The Bertz CT molecular complexity index is 1470. The largest absolute Gasteiger partial charge is 0.443 e. The third kappa shape index (κ3) is 8.05. The number of nitrogens with zero attached hydrogens (tertiary/aromatic N) is 2. The maximum Gasteiger partial charge on any atom is 0.407 e. The maximum atomic E-state index is 14.0. The summed E-state index contributed by atoms with van der Waals surface area (Å²) in [7, 11) is -0.804. The Hall–Kier alpha value is -3.11. The number of aliphatic hydroxyl groups excluding tert-OH is 1. The SMILES string of the molecule is CN=C1Cc2cc(S(=O)(=O)N(CC(C)C)C[C@@H](O)[C@H](Cc3ccccc3)NC(=O)OC3CO[C@H]4OC[C@H](OCOC)[C@@H]34)ccc2N1. The fraction of sp³-hybridized carbons (Fsp3) is 0.562. The lowest BCUT2D eigenvalue weighted by Gasteiger charge is -2.31. The Morgan fingerprint density at radius 2 is 1.87 bits per heavy atom. The van der Waals surface area contributed by atoms with Crippen LogP contribution in [0.3, 0.4) is 0 Å². The maximum absolute atomic E-state index is 14.0. The number of hydrogen-bond acceptors (Lipinski definition) is 10. The Morgan fingerprint density at radius 3 is 2.57 bits per heavy atom. The standard InChI is InChI=1S/C32H44N4O9S/c1-20(2)15-36(46(39,40)23-10-11-24-22(13-23)14-29(33-3)34-24)16-26(37)25(12-21-8-6-5-7-9-21)35-32(38)45-28-18-43-31-30(28)27(17-42-31)44-19-41-4/h5-11,13,20,25-28,30-31,37H,12,14-19H2,1-4H3,(H,33,34)(H,35,38)/t25-,26+,27-,28?,30-,31+/m0/s1. The zero-order valence-corrected chi connectivity index (χ0v) is 27.4. The van der Waals surface area contributed by atoms with Gasteiger partial charge >= 0.3 is 6.09 Å². The number of carbonyl (C=O) groups is 1. The van der Waals surface area contributed by atoms with Gasteiger partial charge in [0.15, 0.2) is 6.29 Å². The zero-order valence-electron chi connectivity index (χ0n) is 26.6. The number of alkyl carbamates (subject to hydrolysis) is 1. The molecule has 46 heavy (non-hydrogen) atoms. The van der Waals surface area contributed by atoms with Gasteiger partial charge in [0.1, 0.15) is 18.7 Å². The number of methoxy groups -OCH3 is 1. The van der Waals surface area contributed by atoms with Gasteiger partial charge in [0.25, 0.3) is 0 Å². The van der Waals surface area contributed by atoms with Gasteiger partial charge in [-0.2, -0.15) is 4.31 Å². The Morgan fingerprint density at radius 1 is 1.13 bits per heavy atom. The molecule has 6 atom stereocenters. The minimum Gasteiger partial charge on any atom is -0.443 e. The summed E-state index contributed by atoms with van der Waals surface area (Å²) in [5, 5.41) is 17.6. The minimum atomic E-state index is -4.01. The summed E-state index contributed by atoms with van der Waals surface area (Å²) in [4.78, 5) is 17.6. The first-order chi connectivity index (χ1) is 22.1. The molecule has 0 saturated carbocycles. The van der Waals surface area contributed by atoms with Crippen molar-refractivity contribution in [1.29, 1.82) is 0 Å². The summed E-state index contributed by atoms with van der Waals surface area (Å²) < 4.78 is 57.1. The number of aliphatic hydroxyl groups is 1. The van der Waals surface area contributed by atoms with Crippen LogP contribution < -0.4 is 10.6 Å². The van der Waals surface area contributed by atoms with Gasteiger partial charge in [-0.25, -0.2) is 13.2 Å². The summed E-state index contributed by atoms with van der Waals surface area (Å²) in [6, 6.07) is 13.4. The molecular formula is C32H44N4O9S. The molecule has 0 aliphatic carbocycles. The zero-order chi connectivity index (χ0) is 32.8. The monoisotopic (exact) mass is 660 g/mol. The van der Waals surface area contributed by atoms with Crippen molar-refractivity contribution in [3.8, 4) is 0 Å². The number of amides is 1. The Kier molecular flexibility index (Phi) is 11.3. The van der Waals surface area contributed by atoms with E-state index in [1.54, 1.807) is 25.2 Å².